The third-order valence-electron chi connectivity index (χ3n) is 0.605. The third kappa shape index (κ3) is 5.37. The molecule has 9 heavy (non-hydrogen) atoms. The van der Waals surface area contributed by atoms with Crippen molar-refractivity contribution in [2.45, 2.75) is 18.9 Å². The molecule has 0 bridgehead atoms. The molecule has 0 aliphatic rings. The fourth-order valence-electron chi connectivity index (χ4n) is 0.347. The van der Waals surface area contributed by atoms with E-state index >= 15 is 0 Å². The second-order valence-corrected chi connectivity index (χ2v) is 2.14. The Hall–Kier alpha value is -0.500. The Morgan fingerprint density at radius 2 is 2.56 bits per heavy atom. The van der Waals surface area contributed by atoms with Gasteiger partial charge < -0.3 is 4.74 Å². The minimum absolute atomic E-state index is 0.219. The number of esters is 1. The summed E-state index contributed by atoms with van der Waals surface area (Å²) in [5.74, 6) is -0.340. The molecule has 0 spiro atoms. The Morgan fingerprint density at radius 3 is 2.89 bits per heavy atom. The average molecular weight is 149 g/mol. The van der Waals surface area contributed by atoms with E-state index in [9.17, 15) is 4.79 Å². The lowest BCUT2D eigenvalue weighted by atomic mass is 10.4. The molecule has 0 aromatic carbocycles. The van der Waals surface area contributed by atoms with Crippen LogP contribution in [0.25, 0.3) is 0 Å². The fourth-order valence-corrected chi connectivity index (χ4v) is 0.446. The van der Waals surface area contributed by atoms with Gasteiger partial charge in [0, 0.05) is 0 Å². The summed E-state index contributed by atoms with van der Waals surface area (Å²) < 4.78 is 4.55. The summed E-state index contributed by atoms with van der Waals surface area (Å²) >= 11 is 5.33. The summed E-state index contributed by atoms with van der Waals surface area (Å²) in [6, 6.07) is 0. The van der Waals surface area contributed by atoms with E-state index in [1.54, 1.807) is 6.92 Å². The minimum Gasteiger partial charge on any atom is -0.446 e. The van der Waals surface area contributed by atoms with Crippen molar-refractivity contribution in [1.82, 2.24) is 0 Å². The van der Waals surface area contributed by atoms with E-state index in [2.05, 4.69) is 11.3 Å². The molecular formula is C6H9ClO2. The molecule has 0 heterocycles. The van der Waals surface area contributed by atoms with E-state index in [0.29, 0.717) is 0 Å². The number of carbonyl (C=O) groups excluding carboxylic acids is 1. The van der Waals surface area contributed by atoms with E-state index in [1.165, 1.54) is 6.08 Å². The molecule has 0 amide bonds. The topological polar surface area (TPSA) is 26.3 Å². The van der Waals surface area contributed by atoms with Crippen LogP contribution in [0.2, 0.25) is 0 Å². The number of hydrogen-bond donors (Lipinski definition) is 0. The van der Waals surface area contributed by atoms with Gasteiger partial charge in [-0.05, 0) is 6.92 Å². The summed E-state index contributed by atoms with van der Waals surface area (Å²) in [5, 5.41) is 0. The van der Waals surface area contributed by atoms with Crippen LogP contribution in [0.5, 0.6) is 0 Å². The van der Waals surface area contributed by atoms with Gasteiger partial charge in [-0.1, -0.05) is 17.7 Å². The Kier molecular flexibility index (Phi) is 4.14. The van der Waals surface area contributed by atoms with Gasteiger partial charge in [0.2, 0.25) is 0 Å². The first-order chi connectivity index (χ1) is 4.16. The molecule has 0 rings (SSSR count). The predicted octanol–water partition coefficient (Wildman–Crippen LogP) is 1.69. The van der Waals surface area contributed by atoms with Crippen molar-refractivity contribution >= 4 is 17.6 Å². The van der Waals surface area contributed by atoms with E-state index < -0.39 is 5.56 Å². The normalized spacial score (nSPS) is 12.2. The molecular weight excluding hydrogens is 140 g/mol. The van der Waals surface area contributed by atoms with Crippen molar-refractivity contribution in [3.8, 4) is 0 Å². The van der Waals surface area contributed by atoms with E-state index in [4.69, 9.17) is 11.6 Å². The van der Waals surface area contributed by atoms with E-state index in [-0.39, 0.29) is 12.4 Å². The molecule has 0 fully saturated rings. The van der Waals surface area contributed by atoms with Gasteiger partial charge in [-0.3, -0.25) is 4.79 Å². The van der Waals surface area contributed by atoms with Crippen LogP contribution in [0.1, 0.15) is 13.3 Å². The van der Waals surface area contributed by atoms with Crippen LogP contribution < -0.4 is 0 Å². The summed E-state index contributed by atoms with van der Waals surface area (Å²) in [6.45, 7) is 4.95. The Morgan fingerprint density at radius 1 is 2.00 bits per heavy atom. The molecule has 52 valence electrons. The molecule has 0 aromatic heterocycles. The number of carbonyl (C=O) groups is 1. The smallest absolute Gasteiger partial charge is 0.311 e. The molecule has 0 aromatic rings. The van der Waals surface area contributed by atoms with Crippen LogP contribution in [0.4, 0.5) is 0 Å². The first kappa shape index (κ1) is 8.50. The van der Waals surface area contributed by atoms with Crippen molar-refractivity contribution in [2.75, 3.05) is 0 Å². The van der Waals surface area contributed by atoms with Gasteiger partial charge in [-0.25, -0.2) is 0 Å². The van der Waals surface area contributed by atoms with Crippen LogP contribution in [0, 0.1) is 0 Å². The lowest BCUT2D eigenvalue weighted by Crippen LogP contribution is -2.07. The van der Waals surface area contributed by atoms with Crippen LogP contribution in [0.15, 0.2) is 12.7 Å². The predicted molar refractivity (Wildman–Crippen MR) is 36.2 cm³/mol. The van der Waals surface area contributed by atoms with Crippen molar-refractivity contribution < 1.29 is 9.53 Å². The zero-order chi connectivity index (χ0) is 7.28. The highest BCUT2D eigenvalue weighted by Crippen LogP contribution is 1.98. The molecule has 1 atom stereocenters. The fraction of sp³-hybridized carbons (Fsp3) is 0.500. The molecule has 3 heteroatoms. The van der Waals surface area contributed by atoms with Crippen molar-refractivity contribution in [3.05, 3.63) is 12.7 Å². The maximum Gasteiger partial charge on any atom is 0.311 e. The quantitative estimate of drug-likeness (QED) is 0.346. The Bertz CT molecular complexity index is 110. The summed E-state index contributed by atoms with van der Waals surface area (Å²) in [5.41, 5.74) is -0.544. The number of alkyl halides is 1. The van der Waals surface area contributed by atoms with Gasteiger partial charge in [0.15, 0.2) is 5.56 Å². The van der Waals surface area contributed by atoms with Gasteiger partial charge in [0.05, 0.1) is 6.42 Å². The first-order valence-electron chi connectivity index (χ1n) is 2.61. The minimum atomic E-state index is -0.544. The molecule has 0 saturated carbocycles. The first-order valence-corrected chi connectivity index (χ1v) is 3.05. The second kappa shape index (κ2) is 4.39. The van der Waals surface area contributed by atoms with Gasteiger partial charge in [0.1, 0.15) is 0 Å². The van der Waals surface area contributed by atoms with Gasteiger partial charge in [0.25, 0.3) is 0 Å². The van der Waals surface area contributed by atoms with Crippen molar-refractivity contribution in [3.63, 3.8) is 0 Å². The van der Waals surface area contributed by atoms with Crippen molar-refractivity contribution in [2.24, 2.45) is 0 Å². The largest absolute Gasteiger partial charge is 0.446 e. The van der Waals surface area contributed by atoms with E-state index in [1.807, 2.05) is 0 Å². The molecule has 1 unspecified atom stereocenters. The van der Waals surface area contributed by atoms with Crippen LogP contribution in [-0.4, -0.2) is 11.5 Å². The summed E-state index contributed by atoms with van der Waals surface area (Å²) in [7, 11) is 0. The highest BCUT2D eigenvalue weighted by molar-refractivity contribution is 6.19. The summed E-state index contributed by atoms with van der Waals surface area (Å²) in [6.07, 6.45) is 1.69. The zero-order valence-corrected chi connectivity index (χ0v) is 6.02. The molecule has 0 aliphatic heterocycles. The lowest BCUT2D eigenvalue weighted by molar-refractivity contribution is -0.143. The molecule has 0 saturated heterocycles. The van der Waals surface area contributed by atoms with Gasteiger partial charge in [-0.15, -0.1) is 6.58 Å². The maximum atomic E-state index is 10.5. The molecule has 2 nitrogen and oxygen atoms in total. The van der Waals surface area contributed by atoms with E-state index in [0.717, 1.165) is 0 Å². The van der Waals surface area contributed by atoms with Crippen LogP contribution in [-0.2, 0) is 9.53 Å². The van der Waals surface area contributed by atoms with Gasteiger partial charge >= 0.3 is 5.97 Å². The number of ether oxygens (including phenoxy) is 1. The van der Waals surface area contributed by atoms with Crippen LogP contribution in [0.3, 0.4) is 0 Å². The highest BCUT2D eigenvalue weighted by Gasteiger charge is 2.01. The maximum absolute atomic E-state index is 10.5. The highest BCUT2D eigenvalue weighted by atomic mass is 35.5. The number of rotatable bonds is 3. The third-order valence-corrected chi connectivity index (χ3v) is 0.694. The monoisotopic (exact) mass is 148 g/mol. The zero-order valence-electron chi connectivity index (χ0n) is 5.26. The number of hydrogen-bond acceptors (Lipinski definition) is 2. The Labute approximate surface area is 59.5 Å². The lowest BCUT2D eigenvalue weighted by Gasteiger charge is -2.02. The Balaban J connectivity index is 3.38. The van der Waals surface area contributed by atoms with Crippen LogP contribution >= 0.6 is 11.6 Å². The SMILES string of the molecule is C=CCC(=O)OC(C)Cl. The van der Waals surface area contributed by atoms with Crippen molar-refractivity contribution in [1.29, 1.82) is 0 Å². The standard InChI is InChI=1S/C6H9ClO2/c1-3-4-6(8)9-5(2)7/h3,5H,1,4H2,2H3. The molecule has 0 radical (unpaired) electrons. The molecule has 0 aliphatic carbocycles. The molecule has 0 N–H and O–H groups in total. The van der Waals surface area contributed by atoms with Gasteiger partial charge in [-0.2, -0.15) is 0 Å². The second-order valence-electron chi connectivity index (χ2n) is 1.53. The number of halogens is 1. The average Bonchev–Trinajstić information content (AvgIpc) is 1.63. The summed E-state index contributed by atoms with van der Waals surface area (Å²) in [4.78, 5) is 10.5.